The van der Waals surface area contributed by atoms with E-state index in [0.717, 1.165) is 23.9 Å². The lowest BCUT2D eigenvalue weighted by Crippen LogP contribution is -2.23. The van der Waals surface area contributed by atoms with Crippen LogP contribution in [-0.2, 0) is 11.2 Å². The Kier molecular flexibility index (Phi) is 4.25. The average Bonchev–Trinajstić information content (AvgIpc) is 2.90. The number of carbonyl (C=O) groups is 1. The van der Waals surface area contributed by atoms with Gasteiger partial charge in [0.2, 0.25) is 5.91 Å². The second-order valence-electron chi connectivity index (χ2n) is 5.57. The minimum absolute atomic E-state index is 0.0806. The van der Waals surface area contributed by atoms with Crippen molar-refractivity contribution in [1.29, 1.82) is 0 Å². The quantitative estimate of drug-likeness (QED) is 0.824. The smallest absolute Gasteiger partial charge is 0.244 e. The monoisotopic (exact) mass is 301 g/mol. The molecule has 0 saturated heterocycles. The largest absolute Gasteiger partial charge is 0.461 e. The van der Waals surface area contributed by atoms with Crippen LogP contribution < -0.4 is 5.32 Å². The molecule has 21 heavy (non-hydrogen) atoms. The summed E-state index contributed by atoms with van der Waals surface area (Å²) < 4.78 is 5.73. The van der Waals surface area contributed by atoms with Crippen molar-refractivity contribution in [3.8, 4) is 0 Å². The van der Waals surface area contributed by atoms with Crippen molar-refractivity contribution in [2.45, 2.75) is 25.7 Å². The molecule has 1 fully saturated rings. The zero-order valence-electron chi connectivity index (χ0n) is 12.0. The van der Waals surface area contributed by atoms with Crippen LogP contribution in [0.1, 0.15) is 36.3 Å². The maximum absolute atomic E-state index is 11.7. The number of thiophene rings is 1. The van der Waals surface area contributed by atoms with Crippen LogP contribution in [0.25, 0.3) is 6.08 Å². The molecule has 4 heteroatoms. The molecule has 1 saturated carbocycles. The Balaban J connectivity index is 1.44. The lowest BCUT2D eigenvalue weighted by Gasteiger charge is -1.99. The molecule has 1 N–H and O–H groups in total. The van der Waals surface area contributed by atoms with Gasteiger partial charge in [0.05, 0.1) is 0 Å². The molecule has 2 atom stereocenters. The van der Waals surface area contributed by atoms with E-state index in [4.69, 9.17) is 4.42 Å². The van der Waals surface area contributed by atoms with Gasteiger partial charge in [-0.2, -0.15) is 11.3 Å². The Labute approximate surface area is 128 Å². The van der Waals surface area contributed by atoms with E-state index in [-0.39, 0.29) is 5.91 Å². The fourth-order valence-corrected chi connectivity index (χ4v) is 3.06. The van der Waals surface area contributed by atoms with E-state index in [1.165, 1.54) is 18.1 Å². The normalized spacial score (nSPS) is 20.8. The number of nitrogens with one attached hydrogen (secondary N) is 1. The molecule has 0 aromatic carbocycles. The van der Waals surface area contributed by atoms with E-state index >= 15 is 0 Å². The van der Waals surface area contributed by atoms with Gasteiger partial charge in [-0.1, -0.05) is 6.92 Å². The van der Waals surface area contributed by atoms with E-state index < -0.39 is 0 Å². The zero-order chi connectivity index (χ0) is 14.7. The van der Waals surface area contributed by atoms with Gasteiger partial charge in [0.15, 0.2) is 0 Å². The minimum atomic E-state index is -0.0806. The standard InChI is InChI=1S/C17H19NO2S/c1-12-10-15(12)16-4-2-14(20-16)3-5-17(19)18-8-6-13-7-9-21-11-13/h2-5,7,9,11-12,15H,6,8,10H2,1H3,(H,18,19)/b5-3+. The van der Waals surface area contributed by atoms with Crippen LogP contribution in [0.4, 0.5) is 0 Å². The Hall–Kier alpha value is -1.81. The number of rotatable bonds is 6. The van der Waals surface area contributed by atoms with Crippen molar-refractivity contribution in [2.24, 2.45) is 5.92 Å². The van der Waals surface area contributed by atoms with Gasteiger partial charge >= 0.3 is 0 Å². The van der Waals surface area contributed by atoms with Gasteiger partial charge in [-0.25, -0.2) is 0 Å². The summed E-state index contributed by atoms with van der Waals surface area (Å²) in [6, 6.07) is 6.02. The van der Waals surface area contributed by atoms with Crippen molar-refractivity contribution in [3.63, 3.8) is 0 Å². The highest BCUT2D eigenvalue weighted by Crippen LogP contribution is 2.47. The topological polar surface area (TPSA) is 42.2 Å². The first-order chi connectivity index (χ1) is 10.2. The molecule has 0 bridgehead atoms. The zero-order valence-corrected chi connectivity index (χ0v) is 12.9. The van der Waals surface area contributed by atoms with Crippen molar-refractivity contribution in [3.05, 3.63) is 52.1 Å². The van der Waals surface area contributed by atoms with Crippen LogP contribution >= 0.6 is 11.3 Å². The first kappa shape index (κ1) is 14.1. The van der Waals surface area contributed by atoms with Gasteiger partial charge in [-0.05, 0) is 59.4 Å². The van der Waals surface area contributed by atoms with Gasteiger partial charge < -0.3 is 9.73 Å². The summed E-state index contributed by atoms with van der Waals surface area (Å²) in [6.45, 7) is 2.88. The third-order valence-corrected chi connectivity index (χ3v) is 4.55. The molecule has 1 aliphatic rings. The number of hydrogen-bond acceptors (Lipinski definition) is 3. The predicted octanol–water partition coefficient (Wildman–Crippen LogP) is 3.84. The van der Waals surface area contributed by atoms with Crippen molar-refractivity contribution >= 4 is 23.3 Å². The summed E-state index contributed by atoms with van der Waals surface area (Å²) in [5.74, 6) is 3.01. The van der Waals surface area contributed by atoms with E-state index in [2.05, 4.69) is 23.7 Å². The summed E-state index contributed by atoms with van der Waals surface area (Å²) in [5, 5.41) is 7.03. The van der Waals surface area contributed by atoms with E-state index in [1.807, 2.05) is 17.5 Å². The Morgan fingerprint density at radius 1 is 1.48 bits per heavy atom. The van der Waals surface area contributed by atoms with Crippen LogP contribution in [0.3, 0.4) is 0 Å². The molecule has 3 nitrogen and oxygen atoms in total. The highest BCUT2D eigenvalue weighted by atomic mass is 32.1. The Morgan fingerprint density at radius 2 is 2.33 bits per heavy atom. The molecule has 2 heterocycles. The molecule has 2 aromatic rings. The first-order valence-electron chi connectivity index (χ1n) is 7.29. The lowest BCUT2D eigenvalue weighted by molar-refractivity contribution is -0.116. The van der Waals surface area contributed by atoms with Crippen molar-refractivity contribution in [2.75, 3.05) is 6.54 Å². The maximum Gasteiger partial charge on any atom is 0.244 e. The lowest BCUT2D eigenvalue weighted by atomic mass is 10.2. The number of amides is 1. The number of furan rings is 1. The molecule has 2 aromatic heterocycles. The summed E-state index contributed by atoms with van der Waals surface area (Å²) in [4.78, 5) is 11.7. The number of carbonyl (C=O) groups excluding carboxylic acids is 1. The molecule has 1 aliphatic carbocycles. The molecular formula is C17H19NO2S. The second kappa shape index (κ2) is 6.31. The summed E-state index contributed by atoms with van der Waals surface area (Å²) in [7, 11) is 0. The molecular weight excluding hydrogens is 282 g/mol. The van der Waals surface area contributed by atoms with E-state index in [9.17, 15) is 4.79 Å². The third-order valence-electron chi connectivity index (χ3n) is 3.81. The molecule has 2 unspecified atom stereocenters. The fourth-order valence-electron chi connectivity index (χ4n) is 2.36. The number of hydrogen-bond donors (Lipinski definition) is 1. The van der Waals surface area contributed by atoms with Crippen LogP contribution in [-0.4, -0.2) is 12.5 Å². The predicted molar refractivity (Wildman–Crippen MR) is 85.3 cm³/mol. The third kappa shape index (κ3) is 3.85. The van der Waals surface area contributed by atoms with E-state index in [0.29, 0.717) is 12.5 Å². The van der Waals surface area contributed by atoms with Crippen molar-refractivity contribution < 1.29 is 9.21 Å². The van der Waals surface area contributed by atoms with Crippen LogP contribution in [0.5, 0.6) is 0 Å². The van der Waals surface area contributed by atoms with Crippen molar-refractivity contribution in [1.82, 2.24) is 5.32 Å². The molecule has 0 aliphatic heterocycles. The van der Waals surface area contributed by atoms with Gasteiger partial charge in [0, 0.05) is 18.5 Å². The molecule has 0 spiro atoms. The van der Waals surface area contributed by atoms with Crippen LogP contribution in [0, 0.1) is 5.92 Å². The summed E-state index contributed by atoms with van der Waals surface area (Å²) >= 11 is 1.68. The Bertz CT molecular complexity index is 627. The van der Waals surface area contributed by atoms with E-state index in [1.54, 1.807) is 17.4 Å². The fraction of sp³-hybridized carbons (Fsp3) is 0.353. The molecule has 1 amide bonds. The Morgan fingerprint density at radius 3 is 3.05 bits per heavy atom. The minimum Gasteiger partial charge on any atom is -0.461 e. The van der Waals surface area contributed by atoms with Gasteiger partial charge in [-0.15, -0.1) is 0 Å². The summed E-state index contributed by atoms with van der Waals surface area (Å²) in [6.07, 6.45) is 5.34. The van der Waals surface area contributed by atoms with Gasteiger partial charge in [-0.3, -0.25) is 4.79 Å². The SMILES string of the molecule is CC1CC1c1ccc(/C=C/C(=O)NCCc2ccsc2)o1. The van der Waals surface area contributed by atoms with Gasteiger partial charge in [0.25, 0.3) is 0 Å². The molecule has 0 radical (unpaired) electrons. The second-order valence-corrected chi connectivity index (χ2v) is 6.35. The first-order valence-corrected chi connectivity index (χ1v) is 8.23. The van der Waals surface area contributed by atoms with Crippen LogP contribution in [0.2, 0.25) is 0 Å². The molecule has 3 rings (SSSR count). The van der Waals surface area contributed by atoms with Gasteiger partial charge in [0.1, 0.15) is 11.5 Å². The van der Waals surface area contributed by atoms with Crippen LogP contribution in [0.15, 0.2) is 39.5 Å². The highest BCUT2D eigenvalue weighted by Gasteiger charge is 2.36. The summed E-state index contributed by atoms with van der Waals surface area (Å²) in [5.41, 5.74) is 1.26. The maximum atomic E-state index is 11.7. The highest BCUT2D eigenvalue weighted by molar-refractivity contribution is 7.07. The average molecular weight is 301 g/mol. The molecule has 110 valence electrons.